The quantitative estimate of drug-likeness (QED) is 0.184. The zero-order valence-electron chi connectivity index (χ0n) is 24.6. The molecule has 7 nitrogen and oxygen atoms in total. The van der Waals surface area contributed by atoms with Crippen molar-refractivity contribution in [3.8, 4) is 22.9 Å². The van der Waals surface area contributed by atoms with Crippen LogP contribution >= 0.6 is 0 Å². The van der Waals surface area contributed by atoms with E-state index in [1.165, 1.54) is 33.5 Å². The molecule has 0 saturated heterocycles. The molecule has 45 heavy (non-hydrogen) atoms. The third-order valence-corrected chi connectivity index (χ3v) is 8.31. The number of fused-ring (bicyclic) bond motifs is 5. The van der Waals surface area contributed by atoms with Crippen LogP contribution in [0, 0.1) is 6.07 Å². The van der Waals surface area contributed by atoms with Gasteiger partial charge in [-0.05, 0) is 58.2 Å². The minimum atomic E-state index is 0. The van der Waals surface area contributed by atoms with Crippen molar-refractivity contribution in [2.45, 2.75) is 0 Å². The summed E-state index contributed by atoms with van der Waals surface area (Å²) in [6, 6.07) is 38.9. The molecule has 0 bridgehead atoms. The number of pyridine rings is 1. The van der Waals surface area contributed by atoms with E-state index in [2.05, 4.69) is 116 Å². The third kappa shape index (κ3) is 4.90. The first-order chi connectivity index (χ1) is 21.7. The molecule has 0 aliphatic carbocycles. The predicted octanol–water partition coefficient (Wildman–Crippen LogP) is 4.87. The number of hydrogen-bond donors (Lipinski definition) is 0. The zero-order valence-corrected chi connectivity index (χ0v) is 27.0. The van der Waals surface area contributed by atoms with Gasteiger partial charge in [-0.25, -0.2) is 9.97 Å². The molecule has 1 radical (unpaired) electrons. The summed E-state index contributed by atoms with van der Waals surface area (Å²) >= 11 is 0. The molecule has 2 aliphatic rings. The molecule has 0 unspecified atom stereocenters. The van der Waals surface area contributed by atoms with Crippen molar-refractivity contribution < 1.29 is 20.1 Å². The van der Waals surface area contributed by atoms with Crippen LogP contribution in [0.3, 0.4) is 0 Å². The van der Waals surface area contributed by atoms with E-state index in [0.29, 0.717) is 11.6 Å². The molecule has 2 aliphatic heterocycles. The van der Waals surface area contributed by atoms with Crippen LogP contribution in [-0.2, 0) is 20.1 Å². The van der Waals surface area contributed by atoms with Gasteiger partial charge in [0.15, 0.2) is 12.5 Å². The van der Waals surface area contributed by atoms with Crippen molar-refractivity contribution in [3.63, 3.8) is 0 Å². The van der Waals surface area contributed by atoms with E-state index in [1.54, 1.807) is 18.5 Å². The summed E-state index contributed by atoms with van der Waals surface area (Å²) in [5.74, 6) is 1.14. The largest absolute Gasteiger partial charge is 0.433 e. The Morgan fingerprint density at radius 1 is 0.667 bits per heavy atom. The number of benzene rings is 4. The summed E-state index contributed by atoms with van der Waals surface area (Å²) < 4.78 is 0. The maximum absolute atomic E-state index is 4.58. The van der Waals surface area contributed by atoms with Gasteiger partial charge in [-0.2, -0.15) is 0 Å². The van der Waals surface area contributed by atoms with Crippen LogP contribution in [0.4, 0.5) is 22.7 Å². The van der Waals surface area contributed by atoms with E-state index >= 15 is 0 Å². The summed E-state index contributed by atoms with van der Waals surface area (Å²) in [6.45, 7) is 0.217. The molecule has 7 aromatic rings. The number of anilines is 4. The number of imidazole rings is 1. The Hall–Kier alpha value is -5.11. The Labute approximate surface area is 275 Å². The minimum Gasteiger partial charge on any atom is -0.433 e. The number of nitrogens with zero attached hydrogens (tertiary/aromatic N) is 7. The Bertz CT molecular complexity index is 2030. The van der Waals surface area contributed by atoms with Gasteiger partial charge < -0.3 is 24.8 Å². The van der Waals surface area contributed by atoms with Gasteiger partial charge in [-0.15, -0.1) is 17.7 Å². The van der Waals surface area contributed by atoms with E-state index in [-0.39, 0.29) is 26.8 Å². The van der Waals surface area contributed by atoms with Gasteiger partial charge in [0.2, 0.25) is 0 Å². The Morgan fingerprint density at radius 2 is 1.31 bits per heavy atom. The fourth-order valence-corrected chi connectivity index (χ4v) is 6.28. The molecule has 0 N–H and O–H groups in total. The molecule has 5 heterocycles. The van der Waals surface area contributed by atoms with Crippen LogP contribution in [0.5, 0.6) is 0 Å². The number of hydrogen-bond acceptors (Lipinski definition) is 6. The molecule has 0 atom stereocenters. The smallest absolute Gasteiger partial charge is 0.200 e. The summed E-state index contributed by atoms with van der Waals surface area (Å²) in [7, 11) is 4.30. The van der Waals surface area contributed by atoms with Crippen molar-refractivity contribution in [1.82, 2.24) is 24.9 Å². The van der Waals surface area contributed by atoms with Crippen LogP contribution in [0.25, 0.3) is 33.9 Å². The second kappa shape index (κ2) is 11.8. The van der Waals surface area contributed by atoms with E-state index in [1.807, 2.05) is 42.6 Å². The second-order valence-corrected chi connectivity index (χ2v) is 10.8. The first-order valence-electron chi connectivity index (χ1n) is 14.5. The second-order valence-electron chi connectivity index (χ2n) is 10.8. The van der Waals surface area contributed by atoms with Gasteiger partial charge >= 0.3 is 0 Å². The summed E-state index contributed by atoms with van der Waals surface area (Å²) in [5, 5.41) is 0. The van der Waals surface area contributed by atoms with Gasteiger partial charge in [0.05, 0.1) is 0 Å². The van der Waals surface area contributed by atoms with Crippen molar-refractivity contribution >= 4 is 56.9 Å². The normalized spacial score (nSPS) is 12.4. The van der Waals surface area contributed by atoms with Crippen LogP contribution in [-0.4, -0.2) is 40.7 Å². The first kappa shape index (κ1) is 28.7. The van der Waals surface area contributed by atoms with E-state index in [4.69, 9.17) is 0 Å². The molecule has 3 aromatic heterocycles. The van der Waals surface area contributed by atoms with Gasteiger partial charge in [-0.1, -0.05) is 89.2 Å². The van der Waals surface area contributed by atoms with Gasteiger partial charge in [0.1, 0.15) is 0 Å². The summed E-state index contributed by atoms with van der Waals surface area (Å²) in [6.07, 6.45) is 5.21. The molecule has 4 aromatic carbocycles. The SMILES string of the molecule is CN1c2[c-]c(-c3ccccn3)cc3c2B(c2ccccc21)c1ccccc1N3C.[Ir].c1cnc(-c2nc3ccccc3[n-]2)nc1. The molecular weight excluding hydrogens is 733 g/mol. The number of aromatic nitrogens is 5. The molecule has 0 spiro atoms. The summed E-state index contributed by atoms with van der Waals surface area (Å²) in [4.78, 5) is 26.1. The Kier molecular flexibility index (Phi) is 7.49. The fraction of sp³-hybridized carbons (Fsp3) is 0.0556. The molecular formula is C36H26BIrN7-2. The van der Waals surface area contributed by atoms with E-state index in [9.17, 15) is 0 Å². The van der Waals surface area contributed by atoms with Crippen molar-refractivity contribution in [2.75, 3.05) is 23.9 Å². The van der Waals surface area contributed by atoms with Crippen molar-refractivity contribution in [1.29, 1.82) is 0 Å². The van der Waals surface area contributed by atoms with Crippen LogP contribution in [0.2, 0.25) is 0 Å². The fourth-order valence-electron chi connectivity index (χ4n) is 6.28. The van der Waals surface area contributed by atoms with Crippen molar-refractivity contribution in [3.05, 3.63) is 128 Å². The van der Waals surface area contributed by atoms with Gasteiger partial charge in [-0.3, -0.25) is 0 Å². The molecule has 0 fully saturated rings. The third-order valence-electron chi connectivity index (χ3n) is 8.31. The molecule has 219 valence electrons. The molecule has 9 rings (SSSR count). The topological polar surface area (TPSA) is 72.1 Å². The average molecular weight is 760 g/mol. The Balaban J connectivity index is 0.000000172. The van der Waals surface area contributed by atoms with Crippen LogP contribution in [0.15, 0.2) is 122 Å². The predicted molar refractivity (Wildman–Crippen MR) is 178 cm³/mol. The Morgan fingerprint density at radius 3 is 2.02 bits per heavy atom. The molecule has 0 amide bonds. The number of rotatable bonds is 2. The molecule has 9 heteroatoms. The monoisotopic (exact) mass is 760 g/mol. The van der Waals surface area contributed by atoms with Crippen molar-refractivity contribution in [2.24, 2.45) is 0 Å². The maximum atomic E-state index is 4.58. The average Bonchev–Trinajstić information content (AvgIpc) is 3.54. The number of para-hydroxylation sites is 4. The van der Waals surface area contributed by atoms with Crippen LogP contribution < -0.4 is 31.2 Å². The summed E-state index contributed by atoms with van der Waals surface area (Å²) in [5.41, 5.74) is 12.6. The molecule has 0 saturated carbocycles. The van der Waals surface area contributed by atoms with Gasteiger partial charge in [0.25, 0.3) is 0 Å². The van der Waals surface area contributed by atoms with E-state index in [0.717, 1.165) is 28.0 Å². The minimum absolute atomic E-state index is 0. The standard InChI is InChI=1S/C25H19BN3.C11H7N4.Ir/c1-28-21-12-5-3-9-18(21)26-19-10-4-6-13-22(19)29(2)24-16-17(15-23(28)25(24)26)20-11-7-8-14-27-20;1-2-5-9-8(4-1)14-11(15-9)10-12-6-3-7-13-10;/h3-15H,1-2H3;1-7H;/q2*-1;. The zero-order chi connectivity index (χ0) is 29.6. The van der Waals surface area contributed by atoms with Crippen LogP contribution in [0.1, 0.15) is 0 Å². The van der Waals surface area contributed by atoms with Gasteiger partial charge in [0, 0.05) is 64.2 Å². The van der Waals surface area contributed by atoms with E-state index < -0.39 is 0 Å². The maximum Gasteiger partial charge on any atom is 0.200 e. The first-order valence-corrected chi connectivity index (χ1v) is 14.5.